The van der Waals surface area contributed by atoms with Gasteiger partial charge in [-0.2, -0.15) is 0 Å². The van der Waals surface area contributed by atoms with Crippen LogP contribution in [-0.4, -0.2) is 38.1 Å². The fourth-order valence-electron chi connectivity index (χ4n) is 1.92. The minimum Gasteiger partial charge on any atom is -0.493 e. The van der Waals surface area contributed by atoms with E-state index in [2.05, 4.69) is 25.2 Å². The maximum atomic E-state index is 11.5. The van der Waals surface area contributed by atoms with Gasteiger partial charge in [0.25, 0.3) is 0 Å². The molecule has 1 N–H and O–H groups in total. The van der Waals surface area contributed by atoms with Crippen LogP contribution in [-0.2, 0) is 11.3 Å². The second-order valence-corrected chi connectivity index (χ2v) is 5.87. The maximum absolute atomic E-state index is 11.5. The highest BCUT2D eigenvalue weighted by atomic mass is 16.5. The number of carbonyl (C=O) groups excluding carboxylic acids is 1. The van der Waals surface area contributed by atoms with E-state index in [0.717, 1.165) is 30.8 Å². The van der Waals surface area contributed by atoms with Gasteiger partial charge in [-0.1, -0.05) is 32.0 Å². The fraction of sp³-hybridized carbons (Fsp3) is 0.588. The first-order valence-electron chi connectivity index (χ1n) is 7.62. The van der Waals surface area contributed by atoms with Gasteiger partial charge in [-0.15, -0.1) is 0 Å². The first-order chi connectivity index (χ1) is 10.0. The Morgan fingerprint density at radius 1 is 1.29 bits per heavy atom. The van der Waals surface area contributed by atoms with Gasteiger partial charge < -0.3 is 15.0 Å². The number of amides is 1. The molecule has 1 aromatic carbocycles. The molecule has 0 aliphatic heterocycles. The largest absolute Gasteiger partial charge is 0.493 e. The van der Waals surface area contributed by atoms with Crippen LogP contribution in [0.15, 0.2) is 24.3 Å². The van der Waals surface area contributed by atoms with Crippen molar-refractivity contribution in [3.05, 3.63) is 29.8 Å². The molecule has 0 fully saturated rings. The molecule has 0 spiro atoms. The van der Waals surface area contributed by atoms with Crippen molar-refractivity contribution in [1.82, 2.24) is 10.2 Å². The SMILES string of the molecule is CC(C)CNCc1ccccc1OCCCC(=O)N(C)C. The van der Waals surface area contributed by atoms with Crippen molar-refractivity contribution < 1.29 is 9.53 Å². The third-order valence-electron chi connectivity index (χ3n) is 3.13. The standard InChI is InChI=1S/C17H28N2O2/c1-14(2)12-18-13-15-8-5-6-9-16(15)21-11-7-10-17(20)19(3)4/h5-6,8-9,14,18H,7,10-13H2,1-4H3. The molecule has 21 heavy (non-hydrogen) atoms. The number of hydrogen-bond acceptors (Lipinski definition) is 3. The lowest BCUT2D eigenvalue weighted by Crippen LogP contribution is -2.22. The van der Waals surface area contributed by atoms with Crippen molar-refractivity contribution in [2.45, 2.75) is 33.2 Å². The van der Waals surface area contributed by atoms with E-state index < -0.39 is 0 Å². The maximum Gasteiger partial charge on any atom is 0.222 e. The van der Waals surface area contributed by atoms with E-state index in [-0.39, 0.29) is 5.91 Å². The summed E-state index contributed by atoms with van der Waals surface area (Å²) in [6.07, 6.45) is 1.27. The zero-order valence-electron chi connectivity index (χ0n) is 13.7. The highest BCUT2D eigenvalue weighted by Crippen LogP contribution is 2.18. The van der Waals surface area contributed by atoms with Crippen molar-refractivity contribution in [3.63, 3.8) is 0 Å². The summed E-state index contributed by atoms with van der Waals surface area (Å²) in [5.41, 5.74) is 1.16. The van der Waals surface area contributed by atoms with Crippen molar-refractivity contribution >= 4 is 5.91 Å². The lowest BCUT2D eigenvalue weighted by molar-refractivity contribution is -0.128. The summed E-state index contributed by atoms with van der Waals surface area (Å²) < 4.78 is 5.81. The Morgan fingerprint density at radius 2 is 2.00 bits per heavy atom. The van der Waals surface area contributed by atoms with Gasteiger partial charge in [0, 0.05) is 32.6 Å². The van der Waals surface area contributed by atoms with E-state index in [1.54, 1.807) is 19.0 Å². The third-order valence-corrected chi connectivity index (χ3v) is 3.13. The molecule has 0 heterocycles. The highest BCUT2D eigenvalue weighted by molar-refractivity contribution is 5.75. The van der Waals surface area contributed by atoms with E-state index in [1.165, 1.54) is 0 Å². The first kappa shape index (κ1) is 17.5. The summed E-state index contributed by atoms with van der Waals surface area (Å²) in [5, 5.41) is 3.42. The number of carbonyl (C=O) groups is 1. The van der Waals surface area contributed by atoms with E-state index >= 15 is 0 Å². The molecule has 0 aromatic heterocycles. The summed E-state index contributed by atoms with van der Waals surface area (Å²) in [6, 6.07) is 8.06. The van der Waals surface area contributed by atoms with Crippen molar-refractivity contribution in [2.24, 2.45) is 5.92 Å². The number of hydrogen-bond donors (Lipinski definition) is 1. The van der Waals surface area contributed by atoms with Crippen LogP contribution in [0.4, 0.5) is 0 Å². The lowest BCUT2D eigenvalue weighted by atomic mass is 10.2. The van der Waals surface area contributed by atoms with E-state index in [4.69, 9.17) is 4.74 Å². The predicted octanol–water partition coefficient (Wildman–Crippen LogP) is 2.68. The van der Waals surface area contributed by atoms with Gasteiger partial charge >= 0.3 is 0 Å². The molecule has 0 aliphatic carbocycles. The third kappa shape index (κ3) is 7.14. The van der Waals surface area contributed by atoms with E-state index in [0.29, 0.717) is 18.9 Å². The predicted molar refractivity (Wildman–Crippen MR) is 86.4 cm³/mol. The Labute approximate surface area is 128 Å². The zero-order chi connectivity index (χ0) is 15.7. The molecule has 0 saturated heterocycles. The monoisotopic (exact) mass is 292 g/mol. The minimum atomic E-state index is 0.144. The summed E-state index contributed by atoms with van der Waals surface area (Å²) in [4.78, 5) is 13.1. The quantitative estimate of drug-likeness (QED) is 0.712. The number of nitrogens with one attached hydrogen (secondary N) is 1. The first-order valence-corrected chi connectivity index (χ1v) is 7.62. The fourth-order valence-corrected chi connectivity index (χ4v) is 1.92. The topological polar surface area (TPSA) is 41.6 Å². The van der Waals surface area contributed by atoms with Gasteiger partial charge in [0.05, 0.1) is 6.61 Å². The van der Waals surface area contributed by atoms with Crippen LogP contribution in [0.3, 0.4) is 0 Å². The molecule has 0 saturated carbocycles. The Kier molecular flexibility index (Phi) is 7.83. The number of ether oxygens (including phenoxy) is 1. The van der Waals surface area contributed by atoms with Crippen molar-refractivity contribution in [3.8, 4) is 5.75 Å². The van der Waals surface area contributed by atoms with Crippen LogP contribution >= 0.6 is 0 Å². The average molecular weight is 292 g/mol. The van der Waals surface area contributed by atoms with Gasteiger partial charge in [-0.05, 0) is 24.9 Å². The Bertz CT molecular complexity index is 431. The van der Waals surface area contributed by atoms with Gasteiger partial charge in [-0.3, -0.25) is 4.79 Å². The van der Waals surface area contributed by atoms with Crippen LogP contribution in [0.25, 0.3) is 0 Å². The van der Waals surface area contributed by atoms with Crippen LogP contribution in [0.5, 0.6) is 5.75 Å². The Balaban J connectivity index is 2.38. The highest BCUT2D eigenvalue weighted by Gasteiger charge is 2.06. The van der Waals surface area contributed by atoms with Crippen LogP contribution < -0.4 is 10.1 Å². The summed E-state index contributed by atoms with van der Waals surface area (Å²) in [5.74, 6) is 1.69. The van der Waals surface area contributed by atoms with Crippen LogP contribution in [0.2, 0.25) is 0 Å². The molecule has 1 amide bonds. The molecule has 4 nitrogen and oxygen atoms in total. The molecule has 1 aromatic rings. The number of rotatable bonds is 9. The van der Waals surface area contributed by atoms with Crippen LogP contribution in [0.1, 0.15) is 32.3 Å². The Hall–Kier alpha value is -1.55. The second kappa shape index (κ2) is 9.40. The molecule has 118 valence electrons. The van der Waals surface area contributed by atoms with Gasteiger partial charge in [0.2, 0.25) is 5.91 Å². The summed E-state index contributed by atoms with van der Waals surface area (Å²) in [7, 11) is 3.55. The van der Waals surface area contributed by atoms with Gasteiger partial charge in [0.15, 0.2) is 0 Å². The van der Waals surface area contributed by atoms with Crippen LogP contribution in [0, 0.1) is 5.92 Å². The van der Waals surface area contributed by atoms with Crippen molar-refractivity contribution in [2.75, 3.05) is 27.2 Å². The normalized spacial score (nSPS) is 10.7. The molecule has 0 radical (unpaired) electrons. The summed E-state index contributed by atoms with van der Waals surface area (Å²) in [6.45, 7) is 6.76. The van der Waals surface area contributed by atoms with Gasteiger partial charge in [0.1, 0.15) is 5.75 Å². The molecular weight excluding hydrogens is 264 g/mol. The van der Waals surface area contributed by atoms with Crippen molar-refractivity contribution in [1.29, 1.82) is 0 Å². The number of para-hydroxylation sites is 1. The van der Waals surface area contributed by atoms with E-state index in [9.17, 15) is 4.79 Å². The minimum absolute atomic E-state index is 0.144. The number of nitrogens with zero attached hydrogens (tertiary/aromatic N) is 1. The van der Waals surface area contributed by atoms with E-state index in [1.807, 2.05) is 18.2 Å². The molecule has 0 aliphatic rings. The zero-order valence-corrected chi connectivity index (χ0v) is 13.7. The molecule has 0 atom stereocenters. The summed E-state index contributed by atoms with van der Waals surface area (Å²) >= 11 is 0. The lowest BCUT2D eigenvalue weighted by Gasteiger charge is -2.14. The number of benzene rings is 1. The Morgan fingerprint density at radius 3 is 2.67 bits per heavy atom. The smallest absolute Gasteiger partial charge is 0.222 e. The molecule has 4 heteroatoms. The molecule has 0 unspecified atom stereocenters. The molecule has 1 rings (SSSR count). The van der Waals surface area contributed by atoms with Gasteiger partial charge in [-0.25, -0.2) is 0 Å². The molecular formula is C17H28N2O2. The second-order valence-electron chi connectivity index (χ2n) is 5.87. The average Bonchev–Trinajstić information content (AvgIpc) is 2.44. The molecule has 0 bridgehead atoms.